The lowest BCUT2D eigenvalue weighted by atomic mass is 10.1. The molecule has 1 aromatic carbocycles. The zero-order chi connectivity index (χ0) is 16.5. The summed E-state index contributed by atoms with van der Waals surface area (Å²) in [6, 6.07) is 4.65. The summed E-state index contributed by atoms with van der Waals surface area (Å²) >= 11 is 1.32. The highest BCUT2D eigenvalue weighted by Gasteiger charge is 2.19. The molecule has 0 aliphatic carbocycles. The van der Waals surface area contributed by atoms with Gasteiger partial charge in [0.2, 0.25) is 0 Å². The van der Waals surface area contributed by atoms with E-state index in [0.29, 0.717) is 40.5 Å². The monoisotopic (exact) mass is 348 g/mol. The summed E-state index contributed by atoms with van der Waals surface area (Å²) in [7, 11) is 0. The maximum Gasteiger partial charge on any atom is 0.277 e. The van der Waals surface area contributed by atoms with Crippen LogP contribution >= 0.6 is 11.8 Å². The Labute approximate surface area is 141 Å². The van der Waals surface area contributed by atoms with Gasteiger partial charge in [-0.05, 0) is 25.1 Å². The quantitative estimate of drug-likeness (QED) is 0.661. The number of ether oxygens (including phenoxy) is 2. The van der Waals surface area contributed by atoms with Gasteiger partial charge < -0.3 is 18.3 Å². The summed E-state index contributed by atoms with van der Waals surface area (Å²) in [6.45, 7) is 2.33. The number of furan rings is 1. The maximum absolute atomic E-state index is 13.7. The van der Waals surface area contributed by atoms with E-state index in [0.717, 1.165) is 11.1 Å². The molecule has 0 saturated heterocycles. The number of aryl methyl sites for hydroxylation is 1. The minimum Gasteiger partial charge on any atom is -0.469 e. The lowest BCUT2D eigenvalue weighted by Crippen LogP contribution is -2.13. The highest BCUT2D eigenvalue weighted by atomic mass is 32.2. The topological polar surface area (TPSA) is 70.5 Å². The number of aromatic nitrogens is 2. The summed E-state index contributed by atoms with van der Waals surface area (Å²) in [6.07, 6.45) is 1.57. The molecule has 0 unspecified atom stereocenters. The molecule has 6 nitrogen and oxygen atoms in total. The van der Waals surface area contributed by atoms with Crippen molar-refractivity contribution in [1.82, 2.24) is 10.2 Å². The van der Waals surface area contributed by atoms with Crippen LogP contribution in [0.4, 0.5) is 4.39 Å². The van der Waals surface area contributed by atoms with Gasteiger partial charge >= 0.3 is 0 Å². The van der Waals surface area contributed by atoms with E-state index >= 15 is 0 Å². The Morgan fingerprint density at radius 1 is 1.29 bits per heavy atom. The van der Waals surface area contributed by atoms with Crippen LogP contribution in [0.2, 0.25) is 0 Å². The normalized spacial score (nSPS) is 13.6. The molecular formula is C16H13FN2O4S. The molecule has 2 aromatic heterocycles. The second kappa shape index (κ2) is 6.29. The van der Waals surface area contributed by atoms with Gasteiger partial charge in [-0.15, -0.1) is 10.2 Å². The first kappa shape index (κ1) is 15.2. The molecule has 1 aliphatic rings. The van der Waals surface area contributed by atoms with Gasteiger partial charge in [0.25, 0.3) is 11.1 Å². The fraction of sp³-hybridized carbons (Fsp3) is 0.250. The van der Waals surface area contributed by atoms with Gasteiger partial charge in [-0.3, -0.25) is 0 Å². The third-order valence-electron chi connectivity index (χ3n) is 3.60. The predicted octanol–water partition coefficient (Wildman–Crippen LogP) is 3.94. The third kappa shape index (κ3) is 2.90. The smallest absolute Gasteiger partial charge is 0.277 e. The molecule has 24 heavy (non-hydrogen) atoms. The molecule has 124 valence electrons. The molecular weight excluding hydrogens is 335 g/mol. The van der Waals surface area contributed by atoms with E-state index in [4.69, 9.17) is 18.3 Å². The molecule has 0 fully saturated rings. The second-order valence-corrected chi connectivity index (χ2v) is 6.14. The number of nitrogens with zero attached hydrogens (tertiary/aromatic N) is 2. The lowest BCUT2D eigenvalue weighted by Gasteiger charge is -2.20. The minimum atomic E-state index is -0.321. The molecule has 3 heterocycles. The van der Waals surface area contributed by atoms with Crippen LogP contribution in [0.3, 0.4) is 0 Å². The van der Waals surface area contributed by atoms with E-state index in [1.54, 1.807) is 12.3 Å². The average Bonchev–Trinajstić information content (AvgIpc) is 3.21. The van der Waals surface area contributed by atoms with Crippen molar-refractivity contribution in [2.24, 2.45) is 0 Å². The minimum absolute atomic E-state index is 0.167. The van der Waals surface area contributed by atoms with Crippen LogP contribution in [-0.4, -0.2) is 17.0 Å². The van der Waals surface area contributed by atoms with Crippen molar-refractivity contribution < 1.29 is 22.7 Å². The van der Waals surface area contributed by atoms with Crippen LogP contribution in [0.1, 0.15) is 16.9 Å². The Morgan fingerprint density at radius 3 is 3.04 bits per heavy atom. The molecule has 4 rings (SSSR count). The van der Waals surface area contributed by atoms with Gasteiger partial charge in [-0.1, -0.05) is 11.8 Å². The molecule has 0 bridgehead atoms. The highest BCUT2D eigenvalue weighted by molar-refractivity contribution is 7.98. The summed E-state index contributed by atoms with van der Waals surface area (Å²) in [5, 5.41) is 8.42. The fourth-order valence-corrected chi connectivity index (χ4v) is 3.22. The first-order valence-corrected chi connectivity index (χ1v) is 8.22. The van der Waals surface area contributed by atoms with Gasteiger partial charge in [0.05, 0.1) is 18.4 Å². The van der Waals surface area contributed by atoms with Crippen molar-refractivity contribution in [3.8, 4) is 17.2 Å². The van der Waals surface area contributed by atoms with Gasteiger partial charge in [-0.25, -0.2) is 4.39 Å². The van der Waals surface area contributed by atoms with Crippen LogP contribution in [0.25, 0.3) is 11.5 Å². The molecule has 8 heteroatoms. The number of hydrogen-bond donors (Lipinski definition) is 0. The van der Waals surface area contributed by atoms with Crippen LogP contribution in [-0.2, 0) is 17.1 Å². The molecule has 0 radical (unpaired) electrons. The van der Waals surface area contributed by atoms with Crippen LogP contribution in [0.15, 0.2) is 38.5 Å². The second-order valence-electron chi connectivity index (χ2n) is 5.22. The molecule has 1 aliphatic heterocycles. The van der Waals surface area contributed by atoms with Crippen molar-refractivity contribution in [3.05, 3.63) is 47.2 Å². The molecule has 0 amide bonds. The van der Waals surface area contributed by atoms with Gasteiger partial charge in [0.15, 0.2) is 6.79 Å². The highest BCUT2D eigenvalue weighted by Crippen LogP contribution is 2.34. The predicted molar refractivity (Wildman–Crippen MR) is 83.0 cm³/mol. The summed E-state index contributed by atoms with van der Waals surface area (Å²) in [5.74, 6) is 1.91. The third-order valence-corrected chi connectivity index (χ3v) is 4.47. The Kier molecular flexibility index (Phi) is 3.99. The number of hydrogen-bond acceptors (Lipinski definition) is 7. The Morgan fingerprint density at radius 2 is 2.21 bits per heavy atom. The van der Waals surface area contributed by atoms with Crippen molar-refractivity contribution in [2.75, 3.05) is 6.79 Å². The number of rotatable bonds is 4. The zero-order valence-corrected chi connectivity index (χ0v) is 13.6. The Hall–Kier alpha value is -2.32. The molecule has 0 spiro atoms. The first-order chi connectivity index (χ1) is 11.7. The van der Waals surface area contributed by atoms with Crippen LogP contribution in [0.5, 0.6) is 5.75 Å². The average molecular weight is 348 g/mol. The summed E-state index contributed by atoms with van der Waals surface area (Å²) in [5.41, 5.74) is 2.20. The van der Waals surface area contributed by atoms with Crippen LogP contribution in [0, 0.1) is 12.7 Å². The van der Waals surface area contributed by atoms with Crippen LogP contribution < -0.4 is 4.74 Å². The van der Waals surface area contributed by atoms with E-state index in [1.807, 2.05) is 6.92 Å². The molecule has 0 atom stereocenters. The fourth-order valence-electron chi connectivity index (χ4n) is 2.49. The Balaban J connectivity index is 1.53. The first-order valence-electron chi connectivity index (χ1n) is 7.23. The number of benzene rings is 1. The number of thioether (sulfide) groups is 1. The SMILES string of the molecule is Cc1occc1-c1nnc(SCc2cc(F)cc3c2OCOC3)o1. The number of fused-ring (bicyclic) bond motifs is 1. The van der Waals surface area contributed by atoms with E-state index in [2.05, 4.69) is 10.2 Å². The van der Waals surface area contributed by atoms with Gasteiger partial charge in [-0.2, -0.15) is 0 Å². The van der Waals surface area contributed by atoms with Crippen molar-refractivity contribution in [2.45, 2.75) is 24.5 Å². The standard InChI is InChI=1S/C16H13FN2O4S/c1-9-13(2-3-21-9)15-18-19-16(23-15)24-7-11-5-12(17)4-10-6-20-8-22-14(10)11/h2-5H,6-8H2,1H3. The maximum atomic E-state index is 13.7. The van der Waals surface area contributed by atoms with Crippen molar-refractivity contribution in [3.63, 3.8) is 0 Å². The van der Waals surface area contributed by atoms with E-state index in [9.17, 15) is 4.39 Å². The van der Waals surface area contributed by atoms with Crippen molar-refractivity contribution >= 4 is 11.8 Å². The zero-order valence-electron chi connectivity index (χ0n) is 12.7. The largest absolute Gasteiger partial charge is 0.469 e. The van der Waals surface area contributed by atoms with E-state index in [1.165, 1.54) is 23.9 Å². The van der Waals surface area contributed by atoms with E-state index < -0.39 is 0 Å². The number of halogens is 1. The van der Waals surface area contributed by atoms with Crippen molar-refractivity contribution in [1.29, 1.82) is 0 Å². The lowest BCUT2D eigenvalue weighted by molar-refractivity contribution is -0.0171. The van der Waals surface area contributed by atoms with E-state index in [-0.39, 0.29) is 12.6 Å². The molecule has 0 saturated carbocycles. The molecule has 0 N–H and O–H groups in total. The Bertz CT molecular complexity index is 877. The molecule has 3 aromatic rings. The van der Waals surface area contributed by atoms with Gasteiger partial charge in [0, 0.05) is 16.9 Å². The summed E-state index contributed by atoms with van der Waals surface area (Å²) in [4.78, 5) is 0. The summed E-state index contributed by atoms with van der Waals surface area (Å²) < 4.78 is 35.3. The van der Waals surface area contributed by atoms with Gasteiger partial charge in [0.1, 0.15) is 17.3 Å².